The molecule has 1 aliphatic rings. The van der Waals surface area contributed by atoms with Crippen LogP contribution in [0.5, 0.6) is 0 Å². The monoisotopic (exact) mass is 310 g/mol. The van der Waals surface area contributed by atoms with Gasteiger partial charge in [-0.15, -0.1) is 0 Å². The highest BCUT2D eigenvalue weighted by atomic mass is 32.2. The van der Waals surface area contributed by atoms with E-state index in [1.54, 1.807) is 0 Å². The minimum Gasteiger partial charge on any atom is -0.226 e. The molecule has 1 fully saturated rings. The molecule has 1 aliphatic carbocycles. The van der Waals surface area contributed by atoms with Gasteiger partial charge in [0.2, 0.25) is 14.8 Å². The van der Waals surface area contributed by atoms with E-state index in [-0.39, 0.29) is 12.8 Å². The highest BCUT2D eigenvalue weighted by Gasteiger charge is 2.46. The molecule has 0 atom stereocenters. The summed E-state index contributed by atoms with van der Waals surface area (Å²) in [5.74, 6) is 0. The molecule has 0 amide bonds. The molecule has 0 unspecified atom stereocenters. The van der Waals surface area contributed by atoms with Crippen molar-refractivity contribution >= 4 is 9.84 Å². The van der Waals surface area contributed by atoms with E-state index in [0.717, 1.165) is 24.6 Å². The second kappa shape index (κ2) is 5.02. The van der Waals surface area contributed by atoms with Gasteiger partial charge in [-0.05, 0) is 43.9 Å². The van der Waals surface area contributed by atoms with Crippen molar-refractivity contribution in [3.8, 4) is 0 Å². The summed E-state index contributed by atoms with van der Waals surface area (Å²) in [5, 5.41) is -2.45. The number of sulfone groups is 1. The lowest BCUT2D eigenvalue weighted by Crippen LogP contribution is -2.36. The minimum absolute atomic E-state index is 0.161. The average Bonchev–Trinajstić information content (AvgIpc) is 2.38. The van der Waals surface area contributed by atoms with Gasteiger partial charge in [0.05, 0.1) is 10.5 Å². The molecular weight excluding hydrogens is 296 g/mol. The molecule has 0 aromatic heterocycles. The maximum Gasteiger partial charge on any atom is 0.416 e. The van der Waals surface area contributed by atoms with Crippen molar-refractivity contribution in [2.24, 2.45) is 0 Å². The quantitative estimate of drug-likeness (QED) is 0.770. The van der Waals surface area contributed by atoms with Gasteiger partial charge in [-0.3, -0.25) is 0 Å². The van der Waals surface area contributed by atoms with Crippen molar-refractivity contribution in [3.63, 3.8) is 0 Å². The smallest absolute Gasteiger partial charge is 0.226 e. The number of alkyl halides is 4. The standard InChI is InChI=1S/C13H14F4O2S/c14-12(7-2-1-3-8-12)20(18,19)11-6-4-5-10(9-11)13(15,16)17/h4-6,9H,1-3,7-8H2. The van der Waals surface area contributed by atoms with Crippen LogP contribution in [0.4, 0.5) is 17.6 Å². The molecular formula is C13H14F4O2S. The zero-order chi connectivity index (χ0) is 15.0. The summed E-state index contributed by atoms with van der Waals surface area (Å²) < 4.78 is 76.9. The van der Waals surface area contributed by atoms with Gasteiger partial charge in [-0.1, -0.05) is 12.5 Å². The molecule has 2 rings (SSSR count). The molecule has 20 heavy (non-hydrogen) atoms. The van der Waals surface area contributed by atoms with Crippen LogP contribution in [0.2, 0.25) is 0 Å². The molecule has 1 saturated carbocycles. The highest BCUT2D eigenvalue weighted by molar-refractivity contribution is 7.92. The topological polar surface area (TPSA) is 34.1 Å². The van der Waals surface area contributed by atoms with E-state index >= 15 is 0 Å². The SMILES string of the molecule is O=S(=O)(c1cccc(C(F)(F)F)c1)C1(F)CCCCC1. The van der Waals surface area contributed by atoms with E-state index in [4.69, 9.17) is 0 Å². The fourth-order valence-electron chi connectivity index (χ4n) is 2.40. The number of hydrogen-bond acceptors (Lipinski definition) is 2. The van der Waals surface area contributed by atoms with Crippen molar-refractivity contribution in [2.45, 2.75) is 48.2 Å². The molecule has 112 valence electrons. The Morgan fingerprint density at radius 3 is 2.20 bits per heavy atom. The average molecular weight is 310 g/mol. The Labute approximate surface area is 114 Å². The maximum atomic E-state index is 14.6. The predicted octanol–water partition coefficient (Wildman–Crippen LogP) is 4.11. The Kier molecular flexibility index (Phi) is 3.83. The van der Waals surface area contributed by atoms with Gasteiger partial charge in [0.15, 0.2) is 0 Å². The zero-order valence-corrected chi connectivity index (χ0v) is 11.4. The van der Waals surface area contributed by atoms with Crippen molar-refractivity contribution in [3.05, 3.63) is 29.8 Å². The van der Waals surface area contributed by atoms with Gasteiger partial charge in [0, 0.05) is 0 Å². The first-order chi connectivity index (χ1) is 9.17. The Hall–Kier alpha value is -1.11. The second-order valence-corrected chi connectivity index (χ2v) is 7.18. The van der Waals surface area contributed by atoms with Crippen molar-refractivity contribution in [1.82, 2.24) is 0 Å². The van der Waals surface area contributed by atoms with Gasteiger partial charge >= 0.3 is 6.18 Å². The van der Waals surface area contributed by atoms with Crippen LogP contribution in [-0.2, 0) is 16.0 Å². The van der Waals surface area contributed by atoms with Crippen LogP contribution >= 0.6 is 0 Å². The summed E-state index contributed by atoms with van der Waals surface area (Å²) in [4.78, 5) is -0.600. The van der Waals surface area contributed by atoms with Crippen molar-refractivity contribution in [2.75, 3.05) is 0 Å². The van der Waals surface area contributed by atoms with E-state index < -0.39 is 31.5 Å². The van der Waals surface area contributed by atoms with Crippen LogP contribution < -0.4 is 0 Å². The van der Waals surface area contributed by atoms with E-state index in [9.17, 15) is 26.0 Å². The third-order valence-corrected chi connectivity index (χ3v) is 5.80. The molecule has 0 bridgehead atoms. The van der Waals surface area contributed by atoms with E-state index in [1.165, 1.54) is 0 Å². The summed E-state index contributed by atoms with van der Waals surface area (Å²) in [6.07, 6.45) is -3.38. The summed E-state index contributed by atoms with van der Waals surface area (Å²) in [6.45, 7) is 0. The van der Waals surface area contributed by atoms with Gasteiger partial charge in [0.25, 0.3) is 0 Å². The van der Waals surface area contributed by atoms with Crippen LogP contribution in [0, 0.1) is 0 Å². The Morgan fingerprint density at radius 2 is 1.65 bits per heavy atom. The van der Waals surface area contributed by atoms with Gasteiger partial charge in [0.1, 0.15) is 0 Å². The molecule has 7 heteroatoms. The lowest BCUT2D eigenvalue weighted by Gasteiger charge is -2.29. The van der Waals surface area contributed by atoms with Crippen LogP contribution in [0.3, 0.4) is 0 Å². The third kappa shape index (κ3) is 2.68. The molecule has 0 saturated heterocycles. The zero-order valence-electron chi connectivity index (χ0n) is 10.6. The Morgan fingerprint density at radius 1 is 1.05 bits per heavy atom. The number of benzene rings is 1. The number of halogens is 4. The second-order valence-electron chi connectivity index (χ2n) is 4.97. The van der Waals surface area contributed by atoms with Crippen LogP contribution in [-0.4, -0.2) is 13.4 Å². The van der Waals surface area contributed by atoms with Gasteiger partial charge < -0.3 is 0 Å². The molecule has 2 nitrogen and oxygen atoms in total. The Balaban J connectivity index is 2.44. The van der Waals surface area contributed by atoms with Crippen molar-refractivity contribution < 1.29 is 26.0 Å². The fourth-order valence-corrected chi connectivity index (χ4v) is 4.19. The summed E-state index contributed by atoms with van der Waals surface area (Å²) in [5.41, 5.74) is -1.09. The Bertz CT molecular complexity index is 587. The summed E-state index contributed by atoms with van der Waals surface area (Å²) in [6, 6.07) is 3.28. The first kappa shape index (κ1) is 15.3. The molecule has 0 heterocycles. The fraction of sp³-hybridized carbons (Fsp3) is 0.538. The molecule has 1 aromatic carbocycles. The summed E-state index contributed by atoms with van der Waals surface area (Å²) >= 11 is 0. The van der Waals surface area contributed by atoms with Crippen molar-refractivity contribution in [1.29, 1.82) is 0 Å². The summed E-state index contributed by atoms with van der Waals surface area (Å²) in [7, 11) is -4.41. The first-order valence-corrected chi connectivity index (χ1v) is 7.76. The molecule has 0 N–H and O–H groups in total. The number of rotatable bonds is 2. The molecule has 0 spiro atoms. The lowest BCUT2D eigenvalue weighted by atomic mass is 9.98. The maximum absolute atomic E-state index is 14.6. The third-order valence-electron chi connectivity index (χ3n) is 3.55. The van der Waals surface area contributed by atoms with E-state index in [0.29, 0.717) is 18.9 Å². The first-order valence-electron chi connectivity index (χ1n) is 6.28. The molecule has 1 aromatic rings. The van der Waals surface area contributed by atoms with Gasteiger partial charge in [-0.25, -0.2) is 12.8 Å². The highest BCUT2D eigenvalue weighted by Crippen LogP contribution is 2.41. The van der Waals surface area contributed by atoms with E-state index in [2.05, 4.69) is 0 Å². The molecule has 0 radical (unpaired) electrons. The van der Waals surface area contributed by atoms with Crippen LogP contribution in [0.1, 0.15) is 37.7 Å². The lowest BCUT2D eigenvalue weighted by molar-refractivity contribution is -0.137. The normalized spacial score (nSPS) is 19.8. The largest absolute Gasteiger partial charge is 0.416 e. The van der Waals surface area contributed by atoms with E-state index in [1.807, 2.05) is 0 Å². The van der Waals surface area contributed by atoms with Crippen LogP contribution in [0.15, 0.2) is 29.2 Å². The minimum atomic E-state index is -4.65. The van der Waals surface area contributed by atoms with Crippen LogP contribution in [0.25, 0.3) is 0 Å². The molecule has 0 aliphatic heterocycles. The number of hydrogen-bond donors (Lipinski definition) is 0. The van der Waals surface area contributed by atoms with Gasteiger partial charge in [-0.2, -0.15) is 13.2 Å². The predicted molar refractivity (Wildman–Crippen MR) is 65.6 cm³/mol.